The van der Waals surface area contributed by atoms with Crippen molar-refractivity contribution in [3.05, 3.63) is 88.9 Å². The maximum absolute atomic E-state index is 13.9. The van der Waals surface area contributed by atoms with E-state index in [4.69, 9.17) is 4.74 Å². The molecule has 1 unspecified atom stereocenters. The third-order valence-corrected chi connectivity index (χ3v) is 8.48. The van der Waals surface area contributed by atoms with Gasteiger partial charge in [0.15, 0.2) is 0 Å². The highest BCUT2D eigenvalue weighted by Gasteiger charge is 2.32. The van der Waals surface area contributed by atoms with Crippen molar-refractivity contribution in [2.75, 3.05) is 24.0 Å². The number of sulfonamides is 1. The summed E-state index contributed by atoms with van der Waals surface area (Å²) in [5.74, 6) is 0.00679. The molecule has 214 valence electrons. The summed E-state index contributed by atoms with van der Waals surface area (Å²) in [6.45, 7) is 8.06. The lowest BCUT2D eigenvalue weighted by atomic mass is 10.1. The SMILES string of the molecule is CCOc1ccc(N(CC(=O)N(Cc2ccccc2)C(C)C(=O)NCC(C)C)S(=O)(=O)c2ccc(Br)cc2)cc1. The Morgan fingerprint density at radius 1 is 0.925 bits per heavy atom. The van der Waals surface area contributed by atoms with E-state index >= 15 is 0 Å². The summed E-state index contributed by atoms with van der Waals surface area (Å²) >= 11 is 3.34. The number of amides is 2. The first-order valence-corrected chi connectivity index (χ1v) is 15.4. The highest BCUT2D eigenvalue weighted by molar-refractivity contribution is 9.10. The zero-order valence-corrected chi connectivity index (χ0v) is 25.6. The molecule has 0 radical (unpaired) electrons. The first-order valence-electron chi connectivity index (χ1n) is 13.1. The van der Waals surface area contributed by atoms with E-state index in [-0.39, 0.29) is 23.3 Å². The van der Waals surface area contributed by atoms with Gasteiger partial charge in [-0.3, -0.25) is 13.9 Å². The third-order valence-electron chi connectivity index (χ3n) is 6.16. The highest BCUT2D eigenvalue weighted by Crippen LogP contribution is 2.27. The number of ether oxygens (including phenoxy) is 1. The van der Waals surface area contributed by atoms with Crippen LogP contribution in [0.15, 0.2) is 88.2 Å². The Hall–Kier alpha value is -3.37. The number of nitrogens with one attached hydrogen (secondary N) is 1. The summed E-state index contributed by atoms with van der Waals surface area (Å²) in [5.41, 5.74) is 1.12. The Bertz CT molecular complexity index is 1360. The first kappa shape index (κ1) is 31.2. The summed E-state index contributed by atoms with van der Waals surface area (Å²) in [4.78, 5) is 28.4. The van der Waals surface area contributed by atoms with Gasteiger partial charge in [0.25, 0.3) is 10.0 Å². The summed E-state index contributed by atoms with van der Waals surface area (Å²) in [7, 11) is -4.14. The van der Waals surface area contributed by atoms with E-state index in [2.05, 4.69) is 21.2 Å². The van der Waals surface area contributed by atoms with Gasteiger partial charge in [-0.2, -0.15) is 0 Å². The van der Waals surface area contributed by atoms with Crippen molar-refractivity contribution in [1.82, 2.24) is 10.2 Å². The standard InChI is InChI=1S/C30H36BrN3O5S/c1-5-39-27-15-13-26(14-16-27)34(40(37,38)28-17-11-25(31)12-18-28)21-29(35)33(20-24-9-7-6-8-10-24)23(4)30(36)32-19-22(2)3/h6-18,22-23H,5,19-21H2,1-4H3,(H,32,36). The normalized spacial score (nSPS) is 12.1. The van der Waals surface area contributed by atoms with E-state index in [1.165, 1.54) is 17.0 Å². The largest absolute Gasteiger partial charge is 0.494 e. The Balaban J connectivity index is 2.00. The second-order valence-electron chi connectivity index (χ2n) is 9.71. The van der Waals surface area contributed by atoms with Gasteiger partial charge in [-0.05, 0) is 73.9 Å². The molecule has 0 fully saturated rings. The zero-order chi connectivity index (χ0) is 29.3. The molecule has 0 aromatic heterocycles. The van der Waals surface area contributed by atoms with Gasteiger partial charge in [-0.15, -0.1) is 0 Å². The van der Waals surface area contributed by atoms with Gasteiger partial charge in [-0.1, -0.05) is 60.1 Å². The molecular weight excluding hydrogens is 594 g/mol. The maximum atomic E-state index is 13.9. The van der Waals surface area contributed by atoms with Crippen LogP contribution in [0.1, 0.15) is 33.3 Å². The van der Waals surface area contributed by atoms with E-state index in [0.717, 1.165) is 14.3 Å². The topological polar surface area (TPSA) is 96.0 Å². The summed E-state index contributed by atoms with van der Waals surface area (Å²) in [6, 6.07) is 21.2. The number of anilines is 1. The average molecular weight is 631 g/mol. The molecule has 0 heterocycles. The number of benzene rings is 3. The molecule has 3 rings (SSSR count). The van der Waals surface area contributed by atoms with Gasteiger partial charge >= 0.3 is 0 Å². The summed E-state index contributed by atoms with van der Waals surface area (Å²) < 4.78 is 35.1. The molecule has 0 aliphatic rings. The quantitative estimate of drug-likeness (QED) is 0.279. The molecule has 0 saturated heterocycles. The van der Waals surface area contributed by atoms with Crippen LogP contribution < -0.4 is 14.4 Å². The van der Waals surface area contributed by atoms with Crippen LogP contribution in [0.3, 0.4) is 0 Å². The molecular formula is C30H36BrN3O5S. The molecule has 1 atom stereocenters. The predicted molar refractivity (Wildman–Crippen MR) is 161 cm³/mol. The van der Waals surface area contributed by atoms with Gasteiger partial charge in [0.2, 0.25) is 11.8 Å². The van der Waals surface area contributed by atoms with E-state index in [9.17, 15) is 18.0 Å². The fraction of sp³-hybridized carbons (Fsp3) is 0.333. The minimum Gasteiger partial charge on any atom is -0.494 e. The molecule has 0 spiro atoms. The predicted octanol–water partition coefficient (Wildman–Crippen LogP) is 5.23. The van der Waals surface area contributed by atoms with Crippen LogP contribution >= 0.6 is 15.9 Å². The van der Waals surface area contributed by atoms with Crippen LogP contribution in [0.5, 0.6) is 5.75 Å². The molecule has 0 bridgehead atoms. The first-order chi connectivity index (χ1) is 19.0. The Morgan fingerprint density at radius 3 is 2.12 bits per heavy atom. The number of rotatable bonds is 13. The Morgan fingerprint density at radius 2 is 1.55 bits per heavy atom. The summed E-state index contributed by atoms with van der Waals surface area (Å²) in [5, 5.41) is 2.88. The van der Waals surface area contributed by atoms with Crippen molar-refractivity contribution in [2.24, 2.45) is 5.92 Å². The second kappa shape index (κ2) is 14.3. The zero-order valence-electron chi connectivity index (χ0n) is 23.2. The lowest BCUT2D eigenvalue weighted by Gasteiger charge is -2.32. The van der Waals surface area contributed by atoms with Gasteiger partial charge in [0.05, 0.1) is 17.2 Å². The molecule has 3 aromatic carbocycles. The lowest BCUT2D eigenvalue weighted by Crippen LogP contribution is -2.51. The van der Waals surface area contributed by atoms with Crippen molar-refractivity contribution in [2.45, 2.75) is 45.2 Å². The number of hydrogen-bond donors (Lipinski definition) is 1. The van der Waals surface area contributed by atoms with Gasteiger partial charge in [-0.25, -0.2) is 8.42 Å². The maximum Gasteiger partial charge on any atom is 0.264 e. The van der Waals surface area contributed by atoms with Crippen LogP contribution in [-0.4, -0.2) is 50.9 Å². The van der Waals surface area contributed by atoms with Crippen LogP contribution in [0, 0.1) is 5.92 Å². The highest BCUT2D eigenvalue weighted by atomic mass is 79.9. The van der Waals surface area contributed by atoms with Crippen LogP contribution in [0.4, 0.5) is 5.69 Å². The molecule has 40 heavy (non-hydrogen) atoms. The minimum atomic E-state index is -4.14. The molecule has 3 aromatic rings. The Labute approximate surface area is 245 Å². The Kier molecular flexibility index (Phi) is 11.2. The van der Waals surface area contributed by atoms with Crippen LogP contribution in [0.25, 0.3) is 0 Å². The molecule has 0 aliphatic heterocycles. The number of halogens is 1. The monoisotopic (exact) mass is 629 g/mol. The minimum absolute atomic E-state index is 0.0368. The van der Waals surface area contributed by atoms with Crippen molar-refractivity contribution in [1.29, 1.82) is 0 Å². The number of hydrogen-bond acceptors (Lipinski definition) is 5. The number of nitrogens with zero attached hydrogens (tertiary/aromatic N) is 2. The van der Waals surface area contributed by atoms with Crippen LogP contribution in [0.2, 0.25) is 0 Å². The molecule has 10 heteroatoms. The van der Waals surface area contributed by atoms with Gasteiger partial charge in [0, 0.05) is 17.6 Å². The molecule has 2 amide bonds. The fourth-order valence-corrected chi connectivity index (χ4v) is 5.63. The molecule has 0 saturated carbocycles. The van der Waals surface area contributed by atoms with Crippen LogP contribution in [-0.2, 0) is 26.2 Å². The van der Waals surface area contributed by atoms with E-state index in [1.54, 1.807) is 43.3 Å². The number of carbonyl (C=O) groups excluding carboxylic acids is 2. The van der Waals surface area contributed by atoms with E-state index in [0.29, 0.717) is 24.6 Å². The molecule has 0 aliphatic carbocycles. The molecule has 1 N–H and O–H groups in total. The fourth-order valence-electron chi connectivity index (χ4n) is 3.95. The summed E-state index contributed by atoms with van der Waals surface area (Å²) in [6.07, 6.45) is 0. The van der Waals surface area contributed by atoms with E-state index in [1.807, 2.05) is 51.1 Å². The average Bonchev–Trinajstić information content (AvgIpc) is 2.94. The van der Waals surface area contributed by atoms with E-state index < -0.39 is 28.5 Å². The smallest absolute Gasteiger partial charge is 0.264 e. The molecule has 8 nitrogen and oxygen atoms in total. The van der Waals surface area contributed by atoms with Crippen molar-refractivity contribution < 1.29 is 22.7 Å². The lowest BCUT2D eigenvalue weighted by molar-refractivity contribution is -0.139. The van der Waals surface area contributed by atoms with Crippen molar-refractivity contribution in [3.63, 3.8) is 0 Å². The van der Waals surface area contributed by atoms with Gasteiger partial charge in [0.1, 0.15) is 18.3 Å². The van der Waals surface area contributed by atoms with Crippen molar-refractivity contribution in [3.8, 4) is 5.75 Å². The van der Waals surface area contributed by atoms with Crippen molar-refractivity contribution >= 4 is 43.5 Å². The van der Waals surface area contributed by atoms with Gasteiger partial charge < -0.3 is 15.0 Å². The third kappa shape index (κ3) is 8.32. The number of carbonyl (C=O) groups is 2. The second-order valence-corrected chi connectivity index (χ2v) is 12.5.